The number of hydrogen-bond donors (Lipinski definition) is 0. The first-order valence-electron chi connectivity index (χ1n) is 11.2. The number of carbonyl (C=O) groups is 1. The van der Waals surface area contributed by atoms with E-state index in [2.05, 4.69) is 0 Å². The van der Waals surface area contributed by atoms with E-state index in [4.69, 9.17) is 0 Å². The van der Waals surface area contributed by atoms with Gasteiger partial charge in [0, 0.05) is 44.1 Å². The fourth-order valence-electron chi connectivity index (χ4n) is 4.46. The molecule has 2 aromatic rings. The standard InChI is InChI=1S/C24H25F5N2O3S/c1-23(25,26)17-6-4-7-20(13-17)35(33,34)31(18-9-10-18)19-11-12-30(22(32)14-19)15-16-5-2-3-8-21(16)24(27,28)29/h2-8,13,18-19H,9-12,14-15H2,1H3. The highest BCUT2D eigenvalue weighted by Crippen LogP contribution is 2.39. The molecule has 0 radical (unpaired) electrons. The number of benzene rings is 2. The van der Waals surface area contributed by atoms with E-state index in [0.29, 0.717) is 19.8 Å². The summed E-state index contributed by atoms with van der Waals surface area (Å²) in [4.78, 5) is 13.9. The van der Waals surface area contributed by atoms with Crippen LogP contribution in [0.5, 0.6) is 0 Å². The van der Waals surface area contributed by atoms with Crippen molar-refractivity contribution in [3.05, 3.63) is 65.2 Å². The second kappa shape index (κ2) is 9.16. The lowest BCUT2D eigenvalue weighted by molar-refractivity contribution is -0.141. The molecule has 190 valence electrons. The van der Waals surface area contributed by atoms with E-state index in [9.17, 15) is 35.2 Å². The van der Waals surface area contributed by atoms with Crippen molar-refractivity contribution in [2.24, 2.45) is 0 Å². The highest BCUT2D eigenvalue weighted by molar-refractivity contribution is 7.89. The zero-order chi connectivity index (χ0) is 25.6. The molecule has 2 aromatic carbocycles. The number of likely N-dealkylation sites (tertiary alicyclic amines) is 1. The highest BCUT2D eigenvalue weighted by atomic mass is 32.2. The molecule has 1 saturated heterocycles. The third-order valence-corrected chi connectivity index (χ3v) is 8.36. The summed E-state index contributed by atoms with van der Waals surface area (Å²) < 4.78 is 95.8. The van der Waals surface area contributed by atoms with Gasteiger partial charge in [0.1, 0.15) is 0 Å². The molecular weight excluding hydrogens is 491 g/mol. The molecule has 5 nitrogen and oxygen atoms in total. The van der Waals surface area contributed by atoms with Gasteiger partial charge in [-0.15, -0.1) is 0 Å². The summed E-state index contributed by atoms with van der Waals surface area (Å²) >= 11 is 0. The Bertz CT molecular complexity index is 1210. The molecule has 35 heavy (non-hydrogen) atoms. The number of halogens is 5. The molecule has 1 aliphatic carbocycles. The van der Waals surface area contributed by atoms with Crippen molar-refractivity contribution >= 4 is 15.9 Å². The van der Waals surface area contributed by atoms with Crippen molar-refractivity contribution in [1.82, 2.24) is 9.21 Å². The predicted octanol–water partition coefficient (Wildman–Crippen LogP) is 5.16. The first kappa shape index (κ1) is 25.6. The van der Waals surface area contributed by atoms with E-state index in [0.717, 1.165) is 18.2 Å². The van der Waals surface area contributed by atoms with E-state index >= 15 is 0 Å². The fraction of sp³-hybridized carbons (Fsp3) is 0.458. The van der Waals surface area contributed by atoms with E-state index in [-0.39, 0.29) is 42.4 Å². The topological polar surface area (TPSA) is 57.7 Å². The monoisotopic (exact) mass is 516 g/mol. The number of hydrogen-bond acceptors (Lipinski definition) is 3. The summed E-state index contributed by atoms with van der Waals surface area (Å²) in [6.45, 7) is 0.537. The molecule has 4 rings (SSSR count). The van der Waals surface area contributed by atoms with Crippen molar-refractivity contribution in [2.45, 2.75) is 68.2 Å². The van der Waals surface area contributed by atoms with Gasteiger partial charge < -0.3 is 4.90 Å². The molecule has 2 aliphatic rings. The Morgan fingerprint density at radius 1 is 0.971 bits per heavy atom. The Morgan fingerprint density at radius 3 is 2.26 bits per heavy atom. The quantitative estimate of drug-likeness (QED) is 0.478. The number of nitrogens with zero attached hydrogens (tertiary/aromatic N) is 2. The van der Waals surface area contributed by atoms with Crippen LogP contribution in [-0.2, 0) is 33.5 Å². The number of alkyl halides is 5. The first-order valence-corrected chi connectivity index (χ1v) is 12.7. The predicted molar refractivity (Wildman–Crippen MR) is 118 cm³/mol. The zero-order valence-corrected chi connectivity index (χ0v) is 19.7. The normalized spacial score (nSPS) is 19.9. The van der Waals surface area contributed by atoms with Crippen LogP contribution in [0.4, 0.5) is 22.0 Å². The molecular formula is C24H25F5N2O3S. The minimum Gasteiger partial charge on any atom is -0.338 e. The van der Waals surface area contributed by atoms with Gasteiger partial charge in [-0.1, -0.05) is 30.3 Å². The fourth-order valence-corrected chi connectivity index (χ4v) is 6.40. The lowest BCUT2D eigenvalue weighted by Gasteiger charge is -2.38. The third kappa shape index (κ3) is 5.50. The smallest absolute Gasteiger partial charge is 0.338 e. The molecule has 1 saturated carbocycles. The van der Waals surface area contributed by atoms with Gasteiger partial charge in [-0.05, 0) is 43.0 Å². The molecule has 1 aliphatic heterocycles. The van der Waals surface area contributed by atoms with Gasteiger partial charge in [-0.25, -0.2) is 17.2 Å². The van der Waals surface area contributed by atoms with E-state index < -0.39 is 45.2 Å². The first-order chi connectivity index (χ1) is 16.3. The minimum atomic E-state index is -4.56. The number of carbonyl (C=O) groups excluding carboxylic acids is 1. The Kier molecular flexibility index (Phi) is 6.69. The molecule has 1 heterocycles. The molecule has 11 heteroatoms. The van der Waals surface area contributed by atoms with Crippen LogP contribution in [0.15, 0.2) is 53.4 Å². The molecule has 0 spiro atoms. The number of sulfonamides is 1. The summed E-state index contributed by atoms with van der Waals surface area (Å²) in [5, 5.41) is 0. The molecule has 0 N–H and O–H groups in total. The SMILES string of the molecule is CC(F)(F)c1cccc(S(=O)(=O)N(C2CC2)C2CCN(Cc3ccccc3C(F)(F)F)C(=O)C2)c1. The van der Waals surface area contributed by atoms with Crippen LogP contribution in [0.1, 0.15) is 49.3 Å². The van der Waals surface area contributed by atoms with Crippen molar-refractivity contribution in [3.8, 4) is 0 Å². The van der Waals surface area contributed by atoms with Gasteiger partial charge in [0.15, 0.2) is 0 Å². The van der Waals surface area contributed by atoms with Crippen LogP contribution in [0.3, 0.4) is 0 Å². The number of piperidine rings is 1. The molecule has 1 amide bonds. The van der Waals surface area contributed by atoms with Crippen molar-refractivity contribution in [1.29, 1.82) is 0 Å². The summed E-state index contributed by atoms with van der Waals surface area (Å²) in [6, 6.07) is 8.63. The van der Waals surface area contributed by atoms with Gasteiger partial charge in [0.05, 0.1) is 10.5 Å². The van der Waals surface area contributed by atoms with Gasteiger partial charge in [-0.3, -0.25) is 4.79 Å². The van der Waals surface area contributed by atoms with Gasteiger partial charge in [-0.2, -0.15) is 17.5 Å². The Balaban J connectivity index is 1.54. The van der Waals surface area contributed by atoms with E-state index in [1.165, 1.54) is 39.5 Å². The van der Waals surface area contributed by atoms with Crippen LogP contribution in [0, 0.1) is 0 Å². The summed E-state index contributed by atoms with van der Waals surface area (Å²) in [5.41, 5.74) is -1.27. The maximum absolute atomic E-state index is 13.8. The molecule has 0 aromatic heterocycles. The molecule has 2 fully saturated rings. The van der Waals surface area contributed by atoms with Crippen molar-refractivity contribution in [2.75, 3.05) is 6.54 Å². The molecule has 0 bridgehead atoms. The van der Waals surface area contributed by atoms with Crippen LogP contribution in [0.25, 0.3) is 0 Å². The number of rotatable bonds is 7. The molecule has 1 atom stereocenters. The highest BCUT2D eigenvalue weighted by Gasteiger charge is 2.45. The van der Waals surface area contributed by atoms with Crippen molar-refractivity contribution in [3.63, 3.8) is 0 Å². The average Bonchev–Trinajstić information content (AvgIpc) is 3.59. The Morgan fingerprint density at radius 2 is 1.66 bits per heavy atom. The van der Waals surface area contributed by atoms with Crippen molar-refractivity contribution < 1.29 is 35.2 Å². The lowest BCUT2D eigenvalue weighted by atomic mass is 10.0. The Hall–Kier alpha value is -2.53. The summed E-state index contributed by atoms with van der Waals surface area (Å²) in [5.74, 6) is -3.67. The van der Waals surface area contributed by atoms with Gasteiger partial charge in [0.25, 0.3) is 5.92 Å². The zero-order valence-electron chi connectivity index (χ0n) is 18.9. The van der Waals surface area contributed by atoms with Gasteiger partial charge >= 0.3 is 6.18 Å². The number of amides is 1. The van der Waals surface area contributed by atoms with E-state index in [1.807, 2.05) is 0 Å². The largest absolute Gasteiger partial charge is 0.416 e. The van der Waals surface area contributed by atoms with Crippen LogP contribution < -0.4 is 0 Å². The second-order valence-corrected chi connectivity index (χ2v) is 10.9. The third-order valence-electron chi connectivity index (χ3n) is 6.36. The maximum atomic E-state index is 13.8. The van der Waals surface area contributed by atoms with Gasteiger partial charge in [0.2, 0.25) is 15.9 Å². The summed E-state index contributed by atoms with van der Waals surface area (Å²) in [7, 11) is -4.17. The average molecular weight is 517 g/mol. The van der Waals surface area contributed by atoms with Crippen LogP contribution >= 0.6 is 0 Å². The van der Waals surface area contributed by atoms with E-state index in [1.54, 1.807) is 0 Å². The lowest BCUT2D eigenvalue weighted by Crippen LogP contribution is -2.50. The summed E-state index contributed by atoms with van der Waals surface area (Å²) in [6.07, 6.45) is -3.32. The second-order valence-electron chi connectivity index (χ2n) is 9.10. The molecule has 1 unspecified atom stereocenters. The van der Waals surface area contributed by atoms with Crippen LogP contribution in [-0.4, -0.2) is 42.2 Å². The van der Waals surface area contributed by atoms with Crippen LogP contribution in [0.2, 0.25) is 0 Å². The Labute approximate surface area is 200 Å². The maximum Gasteiger partial charge on any atom is 0.416 e. The minimum absolute atomic E-state index is 0.0317.